The molecular formula is C26H20N4. The number of rotatable bonds is 0. The van der Waals surface area contributed by atoms with E-state index >= 15 is 0 Å². The fourth-order valence-electron chi connectivity index (χ4n) is 5.45. The Morgan fingerprint density at radius 2 is 1.30 bits per heavy atom. The Bertz CT molecular complexity index is 1360. The first kappa shape index (κ1) is 16.4. The molecule has 0 saturated heterocycles. The van der Waals surface area contributed by atoms with Gasteiger partial charge in [0, 0.05) is 29.8 Å². The summed E-state index contributed by atoms with van der Waals surface area (Å²) in [5.41, 5.74) is 14.8. The van der Waals surface area contributed by atoms with Crippen LogP contribution < -0.4 is 0 Å². The van der Waals surface area contributed by atoms with Gasteiger partial charge in [0.15, 0.2) is 0 Å². The van der Waals surface area contributed by atoms with Crippen molar-refractivity contribution in [3.05, 3.63) is 82.4 Å². The van der Waals surface area contributed by atoms with Crippen LogP contribution in [0, 0.1) is 0 Å². The lowest BCUT2D eigenvalue weighted by Crippen LogP contribution is -2.16. The molecule has 4 heterocycles. The van der Waals surface area contributed by atoms with Crippen molar-refractivity contribution in [1.82, 2.24) is 19.9 Å². The van der Waals surface area contributed by atoms with Crippen LogP contribution in [0.1, 0.15) is 33.5 Å². The maximum atomic E-state index is 5.19. The average Bonchev–Trinajstić information content (AvgIpc) is 2.82. The van der Waals surface area contributed by atoms with Gasteiger partial charge < -0.3 is 0 Å². The molecule has 0 saturated carbocycles. The van der Waals surface area contributed by atoms with E-state index in [1.165, 1.54) is 44.6 Å². The molecule has 7 rings (SSSR count). The highest BCUT2D eigenvalue weighted by atomic mass is 14.8. The van der Waals surface area contributed by atoms with Gasteiger partial charge >= 0.3 is 0 Å². The third-order valence-corrected chi connectivity index (χ3v) is 6.88. The summed E-state index contributed by atoms with van der Waals surface area (Å²) in [4.78, 5) is 19.4. The number of hydrogen-bond acceptors (Lipinski definition) is 4. The molecule has 3 aliphatic rings. The highest BCUT2D eigenvalue weighted by molar-refractivity contribution is 5.83. The van der Waals surface area contributed by atoms with E-state index in [1.54, 1.807) is 0 Å². The van der Waals surface area contributed by atoms with Crippen molar-refractivity contribution in [2.45, 2.75) is 38.5 Å². The van der Waals surface area contributed by atoms with Crippen LogP contribution in [0.3, 0.4) is 0 Å². The van der Waals surface area contributed by atoms with Crippen LogP contribution in [0.25, 0.3) is 33.9 Å². The van der Waals surface area contributed by atoms with E-state index in [0.717, 1.165) is 61.3 Å². The molecule has 4 nitrogen and oxygen atoms in total. The lowest BCUT2D eigenvalue weighted by Gasteiger charge is -2.28. The van der Waals surface area contributed by atoms with Crippen LogP contribution in [0.4, 0.5) is 0 Å². The van der Waals surface area contributed by atoms with E-state index in [0.29, 0.717) is 0 Å². The minimum absolute atomic E-state index is 0.965. The lowest BCUT2D eigenvalue weighted by atomic mass is 9.79. The van der Waals surface area contributed by atoms with Gasteiger partial charge in [0.05, 0.1) is 22.8 Å². The number of pyridine rings is 4. The van der Waals surface area contributed by atoms with E-state index in [2.05, 4.69) is 34.4 Å². The summed E-state index contributed by atoms with van der Waals surface area (Å²) in [7, 11) is 0. The third kappa shape index (κ3) is 2.22. The molecule has 0 aliphatic heterocycles. The van der Waals surface area contributed by atoms with Gasteiger partial charge in [0.2, 0.25) is 0 Å². The van der Waals surface area contributed by atoms with Crippen LogP contribution in [-0.4, -0.2) is 19.9 Å². The van der Waals surface area contributed by atoms with Crippen LogP contribution in [0.2, 0.25) is 0 Å². The van der Waals surface area contributed by atoms with Gasteiger partial charge in [-0.25, -0.2) is 0 Å². The first-order valence-electron chi connectivity index (χ1n) is 10.8. The van der Waals surface area contributed by atoms with Gasteiger partial charge in [-0.05, 0) is 90.1 Å². The van der Waals surface area contributed by atoms with Gasteiger partial charge in [-0.2, -0.15) is 0 Å². The van der Waals surface area contributed by atoms with Crippen molar-refractivity contribution >= 4 is 0 Å². The first-order valence-corrected chi connectivity index (χ1v) is 10.8. The summed E-state index contributed by atoms with van der Waals surface area (Å²) < 4.78 is 0. The quantitative estimate of drug-likeness (QED) is 0.443. The molecular weight excluding hydrogens is 368 g/mol. The number of nitrogens with zero attached hydrogens (tertiary/aromatic N) is 4. The van der Waals surface area contributed by atoms with Gasteiger partial charge in [-0.3, -0.25) is 19.9 Å². The fraction of sp³-hybridized carbons (Fsp3) is 0.231. The maximum absolute atomic E-state index is 5.19. The second kappa shape index (κ2) is 6.05. The molecule has 4 aromatic rings. The smallest absolute Gasteiger partial charge is 0.0927 e. The van der Waals surface area contributed by atoms with Crippen LogP contribution in [-0.2, 0) is 38.5 Å². The Morgan fingerprint density at radius 1 is 0.600 bits per heavy atom. The van der Waals surface area contributed by atoms with E-state index in [4.69, 9.17) is 9.97 Å². The Labute approximate surface area is 175 Å². The molecule has 0 unspecified atom stereocenters. The summed E-state index contributed by atoms with van der Waals surface area (Å²) >= 11 is 0. The Kier molecular flexibility index (Phi) is 3.31. The van der Waals surface area contributed by atoms with E-state index < -0.39 is 0 Å². The zero-order chi connectivity index (χ0) is 19.7. The zero-order valence-electron chi connectivity index (χ0n) is 16.7. The zero-order valence-corrected chi connectivity index (χ0v) is 16.7. The van der Waals surface area contributed by atoms with Gasteiger partial charge in [0.25, 0.3) is 0 Å². The highest BCUT2D eigenvalue weighted by Crippen LogP contribution is 2.43. The topological polar surface area (TPSA) is 51.6 Å². The van der Waals surface area contributed by atoms with Crippen LogP contribution >= 0.6 is 0 Å². The van der Waals surface area contributed by atoms with Crippen molar-refractivity contribution in [2.75, 3.05) is 0 Å². The normalized spacial score (nSPS) is 15.2. The third-order valence-electron chi connectivity index (χ3n) is 6.88. The van der Waals surface area contributed by atoms with E-state index in [-0.39, 0.29) is 0 Å². The second-order valence-corrected chi connectivity index (χ2v) is 8.50. The highest BCUT2D eigenvalue weighted by Gasteiger charge is 2.29. The molecule has 0 fully saturated rings. The minimum atomic E-state index is 0.965. The first-order chi connectivity index (χ1) is 14.9. The monoisotopic (exact) mass is 388 g/mol. The van der Waals surface area contributed by atoms with Crippen molar-refractivity contribution in [2.24, 2.45) is 0 Å². The summed E-state index contributed by atoms with van der Waals surface area (Å²) in [5, 5.41) is 0. The molecule has 4 aromatic heterocycles. The average molecular weight is 388 g/mol. The fourth-order valence-corrected chi connectivity index (χ4v) is 5.45. The number of aromatic nitrogens is 4. The van der Waals surface area contributed by atoms with Gasteiger partial charge in [-0.15, -0.1) is 0 Å². The molecule has 0 spiro atoms. The largest absolute Gasteiger partial charge is 0.254 e. The van der Waals surface area contributed by atoms with Gasteiger partial charge in [-0.1, -0.05) is 12.1 Å². The Balaban J connectivity index is 1.47. The van der Waals surface area contributed by atoms with E-state index in [9.17, 15) is 0 Å². The molecule has 0 aromatic carbocycles. The molecule has 144 valence electrons. The Hall–Kier alpha value is -3.40. The predicted octanol–water partition coefficient (Wildman–Crippen LogP) is 4.56. The molecule has 3 aliphatic carbocycles. The van der Waals surface area contributed by atoms with Crippen molar-refractivity contribution in [3.8, 4) is 33.9 Å². The summed E-state index contributed by atoms with van der Waals surface area (Å²) in [6.07, 6.45) is 11.9. The van der Waals surface area contributed by atoms with Crippen molar-refractivity contribution < 1.29 is 0 Å². The number of hydrogen-bond donors (Lipinski definition) is 0. The Morgan fingerprint density at radius 3 is 2.13 bits per heavy atom. The summed E-state index contributed by atoms with van der Waals surface area (Å²) in [6, 6.07) is 10.8. The minimum Gasteiger partial charge on any atom is -0.254 e. The SMILES string of the molecule is c1cnc2c(c1)CCc1cc3c(nc1-2)CCc1cnc2c(c1-3)CCc1cccnc1-2. The van der Waals surface area contributed by atoms with Crippen molar-refractivity contribution in [1.29, 1.82) is 0 Å². The van der Waals surface area contributed by atoms with Crippen molar-refractivity contribution in [3.63, 3.8) is 0 Å². The van der Waals surface area contributed by atoms with Gasteiger partial charge in [0.1, 0.15) is 0 Å². The number of fused-ring (bicyclic) bond motifs is 10. The molecule has 4 heteroatoms. The lowest BCUT2D eigenvalue weighted by molar-refractivity contribution is 0.845. The number of aryl methyl sites for hydroxylation is 5. The van der Waals surface area contributed by atoms with Crippen LogP contribution in [0.15, 0.2) is 48.9 Å². The molecule has 0 bridgehead atoms. The maximum Gasteiger partial charge on any atom is 0.0927 e. The van der Waals surface area contributed by atoms with E-state index in [1.807, 2.05) is 24.5 Å². The summed E-state index contributed by atoms with van der Waals surface area (Å²) in [6.45, 7) is 0. The molecule has 0 atom stereocenters. The summed E-state index contributed by atoms with van der Waals surface area (Å²) in [5.74, 6) is 0. The molecule has 0 amide bonds. The standard InChI is InChI=1S/C26H20N4/c1-3-15-5-6-17-13-20-21(30-25(17)23(15)27-11-1)10-8-18-14-29-26-19(22(18)20)9-7-16-4-2-12-28-24(16)26/h1-4,11-14H,5-10H2. The molecule has 0 radical (unpaired) electrons. The molecule has 0 N–H and O–H groups in total. The predicted molar refractivity (Wildman–Crippen MR) is 116 cm³/mol. The molecule has 30 heavy (non-hydrogen) atoms. The van der Waals surface area contributed by atoms with Crippen LogP contribution in [0.5, 0.6) is 0 Å². The second-order valence-electron chi connectivity index (χ2n) is 8.50.